The highest BCUT2D eigenvalue weighted by atomic mass is 15.2. The number of hydrogen-bond donors (Lipinski definition) is 1. The van der Waals surface area contributed by atoms with Crippen LogP contribution in [0.2, 0.25) is 0 Å². The van der Waals surface area contributed by atoms with Gasteiger partial charge in [-0.05, 0) is 19.8 Å². The van der Waals surface area contributed by atoms with Gasteiger partial charge in [-0.3, -0.25) is 4.90 Å². The van der Waals surface area contributed by atoms with Crippen LogP contribution in [-0.4, -0.2) is 12.9 Å². The van der Waals surface area contributed by atoms with Gasteiger partial charge in [-0.1, -0.05) is 39.0 Å². The summed E-state index contributed by atoms with van der Waals surface area (Å²) in [5.41, 5.74) is 1.16. The van der Waals surface area contributed by atoms with E-state index in [1.807, 2.05) is 6.34 Å². The molecule has 0 bridgehead atoms. The number of nitrogens with one attached hydrogen (secondary N) is 1. The molecule has 1 heterocycles. The molecule has 86 valence electrons. The van der Waals surface area contributed by atoms with Crippen LogP contribution in [0.1, 0.15) is 58.8 Å². The van der Waals surface area contributed by atoms with Crippen LogP contribution in [0, 0.1) is 0 Å². The number of nitrogens with zero attached hydrogens (tertiary/aromatic N) is 1. The maximum atomic E-state index is 4.26. The molecule has 1 aliphatic heterocycles. The van der Waals surface area contributed by atoms with E-state index in [0.29, 0.717) is 0 Å². The highest BCUT2D eigenvalue weighted by molar-refractivity contribution is 5.49. The molecule has 15 heavy (non-hydrogen) atoms. The number of hydrogen-bond acceptors (Lipinski definition) is 1. The maximum absolute atomic E-state index is 4.26. The predicted molar refractivity (Wildman–Crippen MR) is 66.1 cm³/mol. The van der Waals surface area contributed by atoms with E-state index < -0.39 is 0 Å². The Morgan fingerprint density at radius 1 is 1.07 bits per heavy atom. The van der Waals surface area contributed by atoms with Gasteiger partial charge in [0.1, 0.15) is 6.20 Å². The minimum atomic E-state index is 1.16. The van der Waals surface area contributed by atoms with Crippen LogP contribution in [0.5, 0.6) is 0 Å². The van der Waals surface area contributed by atoms with E-state index >= 15 is 0 Å². The Kier molecular flexibility index (Phi) is 6.33. The van der Waals surface area contributed by atoms with Gasteiger partial charge in [0.05, 0.1) is 12.2 Å². The Hall–Kier alpha value is -0.630. The minimum absolute atomic E-state index is 1.16. The molecule has 0 saturated heterocycles. The van der Waals surface area contributed by atoms with Crippen LogP contribution in [-0.2, 0) is 0 Å². The second-order valence-corrected chi connectivity index (χ2v) is 4.49. The smallest absolute Gasteiger partial charge is 0.193 e. The van der Waals surface area contributed by atoms with Gasteiger partial charge in [0.25, 0.3) is 0 Å². The molecule has 0 aromatic carbocycles. The van der Waals surface area contributed by atoms with Gasteiger partial charge in [0.15, 0.2) is 6.34 Å². The van der Waals surface area contributed by atoms with Gasteiger partial charge in [-0.2, -0.15) is 0 Å². The Morgan fingerprint density at radius 2 is 1.73 bits per heavy atom. The highest BCUT2D eigenvalue weighted by Gasteiger charge is 2.08. The second-order valence-electron chi connectivity index (χ2n) is 4.49. The average Bonchev–Trinajstić information content (AvgIpc) is 2.63. The quantitative estimate of drug-likeness (QED) is 0.592. The molecule has 0 aromatic rings. The number of quaternary nitrogens is 1. The zero-order valence-corrected chi connectivity index (χ0v) is 10.3. The fourth-order valence-electron chi connectivity index (χ4n) is 1.95. The monoisotopic (exact) mass is 209 g/mol. The summed E-state index contributed by atoms with van der Waals surface area (Å²) >= 11 is 0. The highest BCUT2D eigenvalue weighted by Crippen LogP contribution is 2.05. The Morgan fingerprint density at radius 3 is 2.33 bits per heavy atom. The lowest BCUT2D eigenvalue weighted by atomic mass is 10.1. The van der Waals surface area contributed by atoms with E-state index in [2.05, 4.69) is 25.0 Å². The first-order chi connectivity index (χ1) is 7.33. The molecule has 0 aliphatic carbocycles. The predicted octanol–water partition coefficient (Wildman–Crippen LogP) is 2.53. The first kappa shape index (κ1) is 12.4. The Bertz CT molecular complexity index is 219. The van der Waals surface area contributed by atoms with Gasteiger partial charge < -0.3 is 0 Å². The molecule has 0 fully saturated rings. The normalized spacial score (nSPS) is 19.6. The van der Waals surface area contributed by atoms with Gasteiger partial charge in [-0.15, -0.1) is 0 Å². The molecular weight excluding hydrogens is 184 g/mol. The standard InChI is InChI=1S/C13H24N2/c1-3-4-5-6-7-8-9-10-15-11-13(2)14-12-15/h11-12H,3-10H2,1-2H3/p+1. The third-order valence-electron chi connectivity index (χ3n) is 2.90. The summed E-state index contributed by atoms with van der Waals surface area (Å²) < 4.78 is 0. The van der Waals surface area contributed by atoms with Crippen molar-refractivity contribution in [2.75, 3.05) is 6.54 Å². The van der Waals surface area contributed by atoms with Crippen molar-refractivity contribution in [3.8, 4) is 0 Å². The largest absolute Gasteiger partial charge is 0.265 e. The summed E-state index contributed by atoms with van der Waals surface area (Å²) in [7, 11) is 0. The van der Waals surface area contributed by atoms with Crippen LogP contribution < -0.4 is 4.90 Å². The SMILES string of the molecule is CCCCCCCCC[NH+]1C=NC(C)=C1. The molecule has 1 unspecified atom stereocenters. The zero-order valence-electron chi connectivity index (χ0n) is 10.3. The fourth-order valence-corrected chi connectivity index (χ4v) is 1.95. The zero-order chi connectivity index (χ0) is 10.9. The number of allylic oxidation sites excluding steroid dienone is 1. The summed E-state index contributed by atoms with van der Waals surface area (Å²) in [5.74, 6) is 0. The summed E-state index contributed by atoms with van der Waals surface area (Å²) in [6.45, 7) is 5.55. The molecule has 0 saturated carbocycles. The van der Waals surface area contributed by atoms with Crippen LogP contribution >= 0.6 is 0 Å². The summed E-state index contributed by atoms with van der Waals surface area (Å²) in [6, 6.07) is 0. The first-order valence-corrected chi connectivity index (χ1v) is 6.41. The van der Waals surface area contributed by atoms with Crippen LogP contribution in [0.4, 0.5) is 0 Å². The van der Waals surface area contributed by atoms with Gasteiger partial charge in [0, 0.05) is 0 Å². The first-order valence-electron chi connectivity index (χ1n) is 6.41. The van der Waals surface area contributed by atoms with E-state index in [0.717, 1.165) is 5.70 Å². The molecule has 1 atom stereocenters. The fraction of sp³-hybridized carbons (Fsp3) is 0.769. The number of rotatable bonds is 8. The van der Waals surface area contributed by atoms with E-state index in [1.54, 1.807) is 0 Å². The summed E-state index contributed by atoms with van der Waals surface area (Å²) in [6.07, 6.45) is 14.0. The van der Waals surface area contributed by atoms with Crippen molar-refractivity contribution in [2.24, 2.45) is 4.99 Å². The summed E-state index contributed by atoms with van der Waals surface area (Å²) in [4.78, 5) is 5.67. The lowest BCUT2D eigenvalue weighted by Crippen LogP contribution is -3.05. The third-order valence-corrected chi connectivity index (χ3v) is 2.90. The molecule has 1 rings (SSSR count). The lowest BCUT2D eigenvalue weighted by Gasteiger charge is -2.04. The molecule has 2 heteroatoms. The summed E-state index contributed by atoms with van der Waals surface area (Å²) in [5, 5.41) is 0. The van der Waals surface area contributed by atoms with Crippen LogP contribution in [0.3, 0.4) is 0 Å². The van der Waals surface area contributed by atoms with Crippen molar-refractivity contribution in [3.63, 3.8) is 0 Å². The second kappa shape index (κ2) is 7.63. The molecule has 1 N–H and O–H groups in total. The molecule has 0 aromatic heterocycles. The van der Waals surface area contributed by atoms with Crippen molar-refractivity contribution >= 4 is 6.34 Å². The van der Waals surface area contributed by atoms with Crippen molar-refractivity contribution in [1.82, 2.24) is 0 Å². The molecule has 0 spiro atoms. The van der Waals surface area contributed by atoms with E-state index in [4.69, 9.17) is 0 Å². The lowest BCUT2D eigenvalue weighted by molar-refractivity contribution is -0.736. The average molecular weight is 209 g/mol. The topological polar surface area (TPSA) is 16.8 Å². The van der Waals surface area contributed by atoms with E-state index in [9.17, 15) is 0 Å². The van der Waals surface area contributed by atoms with E-state index in [1.165, 1.54) is 56.4 Å². The number of aliphatic imine (C=N–C) groups is 1. The third kappa shape index (κ3) is 5.73. The Labute approximate surface area is 94.1 Å². The van der Waals surface area contributed by atoms with Gasteiger partial charge in [0.2, 0.25) is 0 Å². The maximum Gasteiger partial charge on any atom is 0.193 e. The van der Waals surface area contributed by atoms with Gasteiger partial charge in [-0.25, -0.2) is 4.99 Å². The van der Waals surface area contributed by atoms with Crippen LogP contribution in [0.25, 0.3) is 0 Å². The van der Waals surface area contributed by atoms with Crippen molar-refractivity contribution < 1.29 is 4.90 Å². The molecular formula is C13H25N2+. The molecule has 2 nitrogen and oxygen atoms in total. The van der Waals surface area contributed by atoms with Crippen molar-refractivity contribution in [2.45, 2.75) is 58.8 Å². The molecule has 0 amide bonds. The molecule has 1 aliphatic rings. The van der Waals surface area contributed by atoms with Crippen LogP contribution in [0.15, 0.2) is 16.9 Å². The minimum Gasteiger partial charge on any atom is -0.265 e. The van der Waals surface area contributed by atoms with Crippen molar-refractivity contribution in [3.05, 3.63) is 11.9 Å². The Balaban J connectivity index is 1.87. The molecule has 0 radical (unpaired) electrons. The number of unbranched alkanes of at least 4 members (excludes halogenated alkanes) is 6. The van der Waals surface area contributed by atoms with Crippen molar-refractivity contribution in [1.29, 1.82) is 0 Å². The van der Waals surface area contributed by atoms with E-state index in [-0.39, 0.29) is 0 Å². The van der Waals surface area contributed by atoms with Gasteiger partial charge >= 0.3 is 0 Å².